The number of aromatic amines is 2. The van der Waals surface area contributed by atoms with Crippen molar-refractivity contribution in [1.29, 1.82) is 15.8 Å². The van der Waals surface area contributed by atoms with Gasteiger partial charge < -0.3 is 92.7 Å². The highest BCUT2D eigenvalue weighted by Crippen LogP contribution is 2.44. The summed E-state index contributed by atoms with van der Waals surface area (Å²) in [7, 11) is 5.46. The Bertz CT molecular complexity index is 6500. The van der Waals surface area contributed by atoms with E-state index in [1.54, 1.807) is 61.8 Å². The molecule has 714 valence electrons. The summed E-state index contributed by atoms with van der Waals surface area (Å²) in [5.41, 5.74) is 17.2. The molecule has 9 aliphatic rings. The van der Waals surface area contributed by atoms with E-state index in [1.807, 2.05) is 77.7 Å². The summed E-state index contributed by atoms with van der Waals surface area (Å²) in [5.74, 6) is -2.41. The molecule has 4 amide bonds. The molecule has 32 nitrogen and oxygen atoms in total. The Balaban J connectivity index is 0.000000138. The number of aromatic nitrogens is 6. The van der Waals surface area contributed by atoms with Crippen molar-refractivity contribution in [2.45, 2.75) is 74.6 Å². The van der Waals surface area contributed by atoms with Crippen molar-refractivity contribution in [1.82, 2.24) is 64.2 Å². The highest BCUT2D eigenvalue weighted by molar-refractivity contribution is 6.00. The lowest BCUT2D eigenvalue weighted by atomic mass is 10.0. The summed E-state index contributed by atoms with van der Waals surface area (Å²) >= 11 is 0. The number of hydrogen-bond donors (Lipinski definition) is 5. The SMILES string of the molecule is CN1CCN(C(=O)c2ccc(-c3cc4c(-c5ccc(OC6CCN(C(=O)CO)CC6)c(C#N)c5)nccc4[nH]3)cc2)CC1.COc1cc(-c2cc3c(-c4ccc(O[C@H]5CCN(C(=O)CO)CC5(F)F)c(C#N)c4)nccc3[nH]2)ccc1N1CCN(C2COC2)CC1.COc1cc(C2=Cc3c(ncnc3-c3ccc(O[C@H]4CCN(C(=O)CO)C[C@H]4F)c(C#N)c3)C2)ccc1N1CCN(C2COC2)CC1. The van der Waals surface area contributed by atoms with Crippen LogP contribution >= 0.6 is 0 Å². The molecule has 0 bridgehead atoms. The number of aliphatic hydroxyl groups is 3. The fourth-order valence-corrected chi connectivity index (χ4v) is 19.3. The zero-order valence-corrected chi connectivity index (χ0v) is 76.9. The van der Waals surface area contributed by atoms with Gasteiger partial charge in [0.25, 0.3) is 5.91 Å². The molecule has 8 fully saturated rings. The second kappa shape index (κ2) is 41.9. The van der Waals surface area contributed by atoms with Crippen LogP contribution in [0.3, 0.4) is 0 Å². The van der Waals surface area contributed by atoms with Crippen molar-refractivity contribution in [3.05, 3.63) is 197 Å². The van der Waals surface area contributed by atoms with Crippen molar-refractivity contribution >= 4 is 68.5 Å². The molecule has 138 heavy (non-hydrogen) atoms. The standard InChI is InChI=1S/C35H36F2N6O5.C35H37FN6O5.C33H34N6O4/c1-46-31-15-22(2-4-29(31)42-12-10-41(11-13-42)25-19-47-20-25)28-16-26-27(40-28)6-8-39-34(26)23-3-5-30(24(14-23)17-38)48-32-7-9-43(33(45)18-44)21-35(32,36)37;1-45-33-15-22(2-4-30(33)41-10-8-40(9-11-41)26-19-46-20-26)24-13-27-29(14-24)38-21-39-35(27)23-3-5-31(25(12-23)16-37)47-32-6-7-42(17-28(32)36)34(44)18-43;1-37-14-16-39(17-15-37)33(42)23-4-2-22(3-5-23)29-19-27-28(36-29)8-11-35-32(27)24-6-7-30(25(18-24)20-34)43-26-9-12-38(13-10-26)31(41)21-40/h2-6,8,14-16,25,32,40,44H,7,9-13,18-21H2,1H3;2-5,12-13,15,21,26,28,32,43H,6-11,14,17-20H2,1H3;2-8,11,18-19,26,36,40H,9-10,12-17,21H2,1H3/t32-;28-,32+;/m01./s1. The molecular weight excluding hydrogens is 1770 g/mol. The number of carbonyl (C=O) groups is 4. The average Bonchev–Trinajstić information content (AvgIpc) is 1.48. The molecule has 5 aromatic heterocycles. The minimum atomic E-state index is -3.36. The van der Waals surface area contributed by atoms with E-state index in [4.69, 9.17) is 48.5 Å². The molecule has 6 aromatic carbocycles. The summed E-state index contributed by atoms with van der Waals surface area (Å²) < 4.78 is 84.9. The number of benzene rings is 6. The molecule has 11 aromatic rings. The van der Waals surface area contributed by atoms with Gasteiger partial charge in [0.2, 0.25) is 17.7 Å². The fraction of sp³-hybridized carbons (Fsp3) is 0.388. The van der Waals surface area contributed by atoms with Crippen LogP contribution in [-0.4, -0.2) is 331 Å². The Morgan fingerprint density at radius 3 is 1.48 bits per heavy atom. The van der Waals surface area contributed by atoms with Gasteiger partial charge in [0.15, 0.2) is 12.3 Å². The third-order valence-electron chi connectivity index (χ3n) is 27.5. The molecule has 5 N–H and O–H groups in total. The number of ether oxygens (including phenoxy) is 7. The normalized spacial score (nSPS) is 19.3. The van der Waals surface area contributed by atoms with E-state index in [0.717, 1.165) is 216 Å². The summed E-state index contributed by atoms with van der Waals surface area (Å²) in [6.45, 7) is 12.5. The average molecular weight is 1880 g/mol. The summed E-state index contributed by atoms with van der Waals surface area (Å²) in [4.78, 5) is 91.3. The number of nitriles is 3. The van der Waals surface area contributed by atoms with Crippen molar-refractivity contribution < 1.29 is 80.8 Å². The predicted octanol–water partition coefficient (Wildman–Crippen LogP) is 10.4. The molecule has 0 spiro atoms. The Hall–Kier alpha value is -14.1. The van der Waals surface area contributed by atoms with Crippen LogP contribution in [0.1, 0.15) is 69.6 Å². The first-order valence-electron chi connectivity index (χ1n) is 46.6. The van der Waals surface area contributed by atoms with Crippen LogP contribution in [0.2, 0.25) is 0 Å². The van der Waals surface area contributed by atoms with Gasteiger partial charge in [0.05, 0.1) is 117 Å². The number of likely N-dealkylation sites (tertiary alicyclic amines) is 3. The fourth-order valence-electron chi connectivity index (χ4n) is 19.3. The van der Waals surface area contributed by atoms with E-state index < -0.39 is 62.5 Å². The number of aliphatic hydroxyl groups excluding tert-OH is 3. The molecule has 0 saturated carbocycles. The number of halogens is 3. The number of hydrogen-bond acceptors (Lipinski definition) is 26. The lowest BCUT2D eigenvalue weighted by molar-refractivity contribution is -0.161. The number of likely N-dealkylation sites (N-methyl/N-ethyl adjacent to an activating group) is 1. The number of H-pyrrole nitrogens is 2. The quantitative estimate of drug-likeness (QED) is 0.0421. The van der Waals surface area contributed by atoms with Crippen molar-refractivity contribution in [3.63, 3.8) is 0 Å². The second-order valence-corrected chi connectivity index (χ2v) is 35.8. The maximum absolute atomic E-state index is 14.9. The molecule has 20 rings (SSSR count). The Kier molecular flexibility index (Phi) is 28.6. The zero-order valence-electron chi connectivity index (χ0n) is 76.9. The van der Waals surface area contributed by atoms with E-state index >= 15 is 0 Å². The van der Waals surface area contributed by atoms with Crippen molar-refractivity contribution in [3.8, 4) is 103 Å². The Morgan fingerprint density at radius 1 is 0.486 bits per heavy atom. The van der Waals surface area contributed by atoms with Gasteiger partial charge in [-0.1, -0.05) is 24.3 Å². The van der Waals surface area contributed by atoms with Gasteiger partial charge in [0, 0.05) is 216 Å². The van der Waals surface area contributed by atoms with Crippen LogP contribution < -0.4 is 33.5 Å². The van der Waals surface area contributed by atoms with Gasteiger partial charge in [-0.05, 0) is 145 Å². The summed E-state index contributed by atoms with van der Waals surface area (Å²) in [5, 5.41) is 58.8. The predicted molar refractivity (Wildman–Crippen MR) is 509 cm³/mol. The van der Waals surface area contributed by atoms with E-state index in [9.17, 15) is 48.1 Å². The van der Waals surface area contributed by atoms with E-state index in [1.165, 1.54) is 17.3 Å². The number of allylic oxidation sites excluding steroid dienone is 1. The molecule has 13 heterocycles. The van der Waals surface area contributed by atoms with E-state index in [2.05, 4.69) is 116 Å². The Morgan fingerprint density at radius 2 is 0.964 bits per heavy atom. The number of pyridine rings is 2. The van der Waals surface area contributed by atoms with Gasteiger partial charge in [-0.2, -0.15) is 15.8 Å². The second-order valence-electron chi connectivity index (χ2n) is 35.8. The number of nitrogens with zero attached hydrogens (tertiary/aromatic N) is 16. The third kappa shape index (κ3) is 20.4. The number of rotatable bonds is 22. The molecule has 0 unspecified atom stereocenters. The van der Waals surface area contributed by atoms with Crippen LogP contribution in [0.5, 0.6) is 28.7 Å². The van der Waals surface area contributed by atoms with Crippen LogP contribution in [-0.2, 0) is 30.3 Å². The number of alkyl halides is 3. The van der Waals surface area contributed by atoms with Gasteiger partial charge in [-0.25, -0.2) is 23.1 Å². The zero-order chi connectivity index (χ0) is 95.8. The highest BCUT2D eigenvalue weighted by atomic mass is 19.3. The number of anilines is 2. The molecule has 35 heteroatoms. The van der Waals surface area contributed by atoms with Crippen LogP contribution in [0.15, 0.2) is 158 Å². The number of piperazine rings is 3. The monoisotopic (exact) mass is 1880 g/mol. The van der Waals surface area contributed by atoms with Crippen LogP contribution in [0.25, 0.3) is 89.7 Å². The van der Waals surface area contributed by atoms with Gasteiger partial charge >= 0.3 is 5.92 Å². The van der Waals surface area contributed by atoms with Crippen LogP contribution in [0, 0.1) is 34.0 Å². The number of amides is 4. The van der Waals surface area contributed by atoms with E-state index in [-0.39, 0.29) is 73.0 Å². The first-order chi connectivity index (χ1) is 67.1. The first kappa shape index (κ1) is 94.3. The highest BCUT2D eigenvalue weighted by Gasteiger charge is 2.48. The number of nitrogens with one attached hydrogen (secondary N) is 2. The molecule has 8 aliphatic heterocycles. The number of piperidine rings is 3. The molecule has 3 atom stereocenters. The lowest BCUT2D eigenvalue weighted by Crippen LogP contribution is -2.56. The van der Waals surface area contributed by atoms with Gasteiger partial charge in [0.1, 0.15) is 85.3 Å². The largest absolute Gasteiger partial charge is 0.495 e. The Labute approximate surface area is 795 Å². The van der Waals surface area contributed by atoms with Crippen LogP contribution in [0.4, 0.5) is 24.5 Å². The molecule has 0 radical (unpaired) electrons. The van der Waals surface area contributed by atoms with Crippen molar-refractivity contribution in [2.75, 3.05) is 195 Å². The number of methoxy groups -OCH3 is 2. The van der Waals surface area contributed by atoms with Gasteiger partial charge in [-0.15, -0.1) is 0 Å². The smallest absolute Gasteiger partial charge is 0.301 e. The summed E-state index contributed by atoms with van der Waals surface area (Å²) in [6, 6.07) is 51.2. The topological polar surface area (TPSA) is 377 Å². The van der Waals surface area contributed by atoms with Crippen molar-refractivity contribution in [2.24, 2.45) is 0 Å². The molecular formula is C103H107F3N18O14. The minimum Gasteiger partial charge on any atom is -0.495 e. The van der Waals surface area contributed by atoms with E-state index in [0.29, 0.717) is 78.3 Å². The summed E-state index contributed by atoms with van der Waals surface area (Å²) in [6.07, 6.45) is 5.19. The van der Waals surface area contributed by atoms with Gasteiger partial charge in [-0.3, -0.25) is 38.9 Å². The minimum absolute atomic E-state index is 0.0174. The number of fused-ring (bicyclic) bond motifs is 3. The molecule has 8 saturated heterocycles. The lowest BCUT2D eigenvalue weighted by Gasteiger charge is -2.43. The first-order valence-corrected chi connectivity index (χ1v) is 46.6. The maximum Gasteiger partial charge on any atom is 0.301 e. The third-order valence-corrected chi connectivity index (χ3v) is 27.5. The molecule has 1 aliphatic carbocycles. The maximum atomic E-state index is 14.9. The number of carbonyl (C=O) groups excluding carboxylic acids is 4.